The molecule has 192 valence electrons. The van der Waals surface area contributed by atoms with Gasteiger partial charge in [-0.2, -0.15) is 5.10 Å². The molecule has 3 N–H and O–H groups in total. The zero-order valence-corrected chi connectivity index (χ0v) is 21.1. The summed E-state index contributed by atoms with van der Waals surface area (Å²) in [4.78, 5) is 6.97. The van der Waals surface area contributed by atoms with Crippen molar-refractivity contribution in [3.63, 3.8) is 0 Å². The van der Waals surface area contributed by atoms with E-state index < -0.39 is 0 Å². The third kappa shape index (κ3) is 4.39. The zero-order valence-electron chi connectivity index (χ0n) is 21.1. The van der Waals surface area contributed by atoms with Crippen LogP contribution in [-0.4, -0.2) is 61.3 Å². The maximum Gasteiger partial charge on any atom is 0.178 e. The Labute approximate surface area is 220 Å². The molecule has 5 aromatic rings. The van der Waals surface area contributed by atoms with Crippen molar-refractivity contribution in [2.24, 2.45) is 5.92 Å². The number of pyridine rings is 1. The van der Waals surface area contributed by atoms with Crippen LogP contribution in [-0.2, 0) is 6.54 Å². The largest absolute Gasteiger partial charge is 0.493 e. The van der Waals surface area contributed by atoms with Crippen molar-refractivity contribution in [2.75, 3.05) is 32.0 Å². The third-order valence-corrected chi connectivity index (χ3v) is 7.96. The number of nitrogens with two attached hydrogens (primary N) is 1. The molecule has 0 saturated carbocycles. The summed E-state index contributed by atoms with van der Waals surface area (Å²) in [5.41, 5.74) is 12.3. The van der Waals surface area contributed by atoms with Crippen LogP contribution in [0, 0.1) is 5.92 Å². The Kier molecular flexibility index (Phi) is 5.77. The van der Waals surface area contributed by atoms with Crippen LogP contribution < -0.4 is 10.5 Å². The summed E-state index contributed by atoms with van der Waals surface area (Å²) in [5, 5.41) is 16.0. The minimum Gasteiger partial charge on any atom is -0.493 e. The standard InChI is InChI=1S/C29H30N8O/c30-27-12-25(28-29(32-27)34-35-33-28)24-9-10-36-15-22(26(17-36)20-6-2-1-3-7-20)18-38-23-8-4-5-19(11-23)14-37-16-21(24)13-31-37/h1-8,11-13,16,22,24,26H,9-10,14-15,17-18H2,(H3,30,32,33,34,35)/t22-,24?,26-/m1/s1. The number of nitrogens with zero attached hydrogens (tertiary/aromatic N) is 6. The average molecular weight is 507 g/mol. The minimum absolute atomic E-state index is 0.0589. The summed E-state index contributed by atoms with van der Waals surface area (Å²) >= 11 is 0. The van der Waals surface area contributed by atoms with Crippen LogP contribution in [0.15, 0.2) is 73.1 Å². The van der Waals surface area contributed by atoms with Gasteiger partial charge in [0.05, 0.1) is 19.3 Å². The first-order chi connectivity index (χ1) is 18.7. The first-order valence-corrected chi connectivity index (χ1v) is 13.2. The number of aromatic amines is 1. The van der Waals surface area contributed by atoms with Gasteiger partial charge in [0, 0.05) is 37.0 Å². The second-order valence-corrected chi connectivity index (χ2v) is 10.5. The van der Waals surface area contributed by atoms with Crippen molar-refractivity contribution in [3.05, 3.63) is 95.3 Å². The molecule has 0 radical (unpaired) electrons. The van der Waals surface area contributed by atoms with Gasteiger partial charge in [-0.1, -0.05) is 47.7 Å². The highest BCUT2D eigenvalue weighted by Crippen LogP contribution is 2.37. The van der Waals surface area contributed by atoms with Gasteiger partial charge in [0.1, 0.15) is 17.1 Å². The van der Waals surface area contributed by atoms with Gasteiger partial charge in [-0.3, -0.25) is 4.68 Å². The van der Waals surface area contributed by atoms with Gasteiger partial charge in [-0.15, -0.1) is 5.10 Å². The van der Waals surface area contributed by atoms with Gasteiger partial charge in [0.25, 0.3) is 0 Å². The predicted molar refractivity (Wildman–Crippen MR) is 145 cm³/mol. The van der Waals surface area contributed by atoms with E-state index in [0.29, 0.717) is 36.5 Å². The van der Waals surface area contributed by atoms with Crippen molar-refractivity contribution < 1.29 is 4.74 Å². The van der Waals surface area contributed by atoms with Gasteiger partial charge >= 0.3 is 0 Å². The maximum atomic E-state index is 6.39. The lowest BCUT2D eigenvalue weighted by Crippen LogP contribution is -2.25. The number of fused-ring (bicyclic) bond motifs is 7. The van der Waals surface area contributed by atoms with E-state index in [1.807, 2.05) is 23.0 Å². The molecule has 5 heterocycles. The van der Waals surface area contributed by atoms with Gasteiger partial charge in [-0.05, 0) is 53.4 Å². The van der Waals surface area contributed by atoms with Gasteiger partial charge < -0.3 is 15.4 Å². The lowest BCUT2D eigenvalue weighted by atomic mass is 9.89. The van der Waals surface area contributed by atoms with Crippen molar-refractivity contribution in [3.8, 4) is 5.75 Å². The fraction of sp³-hybridized carbons (Fsp3) is 0.310. The number of rotatable bonds is 2. The SMILES string of the molecule is Nc1cc(C2CCN3C[C@H](COc4cccc(c4)Cn4cc2cn4)[C@@H](c2ccccc2)C3)c2nn[nH]c2n1. The van der Waals surface area contributed by atoms with Crippen molar-refractivity contribution >= 4 is 17.0 Å². The van der Waals surface area contributed by atoms with Crippen molar-refractivity contribution in [2.45, 2.75) is 24.8 Å². The van der Waals surface area contributed by atoms with Crippen LogP contribution in [0.5, 0.6) is 5.75 Å². The molecule has 2 aliphatic heterocycles. The lowest BCUT2D eigenvalue weighted by Gasteiger charge is -2.21. The number of benzene rings is 2. The summed E-state index contributed by atoms with van der Waals surface area (Å²) in [6.07, 6.45) is 5.01. The molecule has 4 atom stereocenters. The number of ether oxygens (including phenoxy) is 1. The van der Waals surface area contributed by atoms with E-state index in [0.717, 1.165) is 54.0 Å². The monoisotopic (exact) mass is 506 g/mol. The van der Waals surface area contributed by atoms with Gasteiger partial charge in [-0.25, -0.2) is 10.1 Å². The van der Waals surface area contributed by atoms with E-state index in [2.05, 4.69) is 80.0 Å². The van der Waals surface area contributed by atoms with E-state index in [9.17, 15) is 0 Å². The number of H-pyrrole nitrogens is 1. The number of hydrogen-bond acceptors (Lipinski definition) is 7. The molecule has 2 aromatic carbocycles. The third-order valence-electron chi connectivity index (χ3n) is 7.96. The number of nitrogen functional groups attached to an aromatic ring is 1. The normalized spacial score (nSPS) is 23.5. The topological polar surface area (TPSA) is 111 Å². The molecule has 2 unspecified atom stereocenters. The number of hydrogen-bond donors (Lipinski definition) is 2. The zero-order chi connectivity index (χ0) is 25.5. The second kappa shape index (κ2) is 9.57. The Bertz CT molecular complexity index is 1560. The lowest BCUT2D eigenvalue weighted by molar-refractivity contribution is 0.233. The molecule has 9 nitrogen and oxygen atoms in total. The van der Waals surface area contributed by atoms with E-state index in [1.165, 1.54) is 5.56 Å². The molecule has 6 bridgehead atoms. The maximum absolute atomic E-state index is 6.39. The van der Waals surface area contributed by atoms with Crippen LogP contribution in [0.25, 0.3) is 11.2 Å². The molecular formula is C29H30N8O. The minimum atomic E-state index is 0.0589. The molecule has 7 rings (SSSR count). The Balaban J connectivity index is 1.29. The predicted octanol–water partition coefficient (Wildman–Crippen LogP) is 3.81. The Morgan fingerprint density at radius 2 is 1.92 bits per heavy atom. The summed E-state index contributed by atoms with van der Waals surface area (Å²) in [6.45, 7) is 4.29. The highest BCUT2D eigenvalue weighted by atomic mass is 16.5. The first kappa shape index (κ1) is 22.9. The Morgan fingerprint density at radius 3 is 2.84 bits per heavy atom. The van der Waals surface area contributed by atoms with Crippen molar-refractivity contribution in [1.82, 2.24) is 35.1 Å². The second-order valence-electron chi connectivity index (χ2n) is 10.5. The first-order valence-electron chi connectivity index (χ1n) is 13.2. The molecule has 1 saturated heterocycles. The Morgan fingerprint density at radius 1 is 1.00 bits per heavy atom. The molecule has 9 heteroatoms. The van der Waals surface area contributed by atoms with Crippen LogP contribution in [0.2, 0.25) is 0 Å². The number of anilines is 1. The van der Waals surface area contributed by atoms with Crippen LogP contribution in [0.4, 0.5) is 5.82 Å². The molecular weight excluding hydrogens is 476 g/mol. The van der Waals surface area contributed by atoms with E-state index in [-0.39, 0.29) is 5.92 Å². The fourth-order valence-electron chi connectivity index (χ4n) is 6.12. The molecule has 0 aliphatic carbocycles. The molecule has 2 aliphatic rings. The van der Waals surface area contributed by atoms with Crippen molar-refractivity contribution in [1.29, 1.82) is 0 Å². The number of aromatic nitrogens is 6. The van der Waals surface area contributed by atoms with Crippen LogP contribution >= 0.6 is 0 Å². The molecule has 0 amide bonds. The van der Waals surface area contributed by atoms with E-state index in [4.69, 9.17) is 15.6 Å². The summed E-state index contributed by atoms with van der Waals surface area (Å²) in [6, 6.07) is 21.2. The Hall–Kier alpha value is -4.24. The summed E-state index contributed by atoms with van der Waals surface area (Å²) in [7, 11) is 0. The smallest absolute Gasteiger partial charge is 0.178 e. The molecule has 3 aromatic heterocycles. The van der Waals surface area contributed by atoms with Gasteiger partial charge in [0.15, 0.2) is 5.65 Å². The molecule has 1 fully saturated rings. The highest BCUT2D eigenvalue weighted by molar-refractivity contribution is 5.77. The summed E-state index contributed by atoms with van der Waals surface area (Å²) < 4.78 is 8.38. The number of nitrogens with one attached hydrogen (secondary N) is 1. The quantitative estimate of drug-likeness (QED) is 0.375. The van der Waals surface area contributed by atoms with Crippen LogP contribution in [0.1, 0.15) is 40.5 Å². The highest BCUT2D eigenvalue weighted by Gasteiger charge is 2.35. The van der Waals surface area contributed by atoms with Gasteiger partial charge in [0.2, 0.25) is 0 Å². The fourth-order valence-corrected chi connectivity index (χ4v) is 6.12. The van der Waals surface area contributed by atoms with Crippen LogP contribution in [0.3, 0.4) is 0 Å². The average Bonchev–Trinajstić information content (AvgIpc) is 3.68. The molecule has 38 heavy (non-hydrogen) atoms. The van der Waals surface area contributed by atoms with E-state index >= 15 is 0 Å². The molecule has 0 spiro atoms. The summed E-state index contributed by atoms with van der Waals surface area (Å²) in [5.74, 6) is 2.26. The van der Waals surface area contributed by atoms with E-state index in [1.54, 1.807) is 0 Å².